The smallest absolute Gasteiger partial charge is 0.418 e. The highest BCUT2D eigenvalue weighted by molar-refractivity contribution is 7.91. The number of nitriles is 1. The third-order valence-electron chi connectivity index (χ3n) is 8.98. The van der Waals surface area contributed by atoms with E-state index >= 15 is 0 Å². The van der Waals surface area contributed by atoms with Gasteiger partial charge in [-0.1, -0.05) is 18.2 Å². The number of sulfone groups is 1. The van der Waals surface area contributed by atoms with Crippen molar-refractivity contribution in [2.45, 2.75) is 49.0 Å². The van der Waals surface area contributed by atoms with Crippen molar-refractivity contribution in [3.05, 3.63) is 77.0 Å². The first kappa shape index (κ1) is 42.8. The van der Waals surface area contributed by atoms with E-state index in [4.69, 9.17) is 28.5 Å². The number of carbonyl (C=O) groups excluding carboxylic acids is 3. The number of aromatic nitrogens is 5. The summed E-state index contributed by atoms with van der Waals surface area (Å²) in [5.41, 5.74) is 0.274. The normalized spacial score (nSPS) is 17.1. The molecule has 312 valence electrons. The molecule has 0 saturated carbocycles. The summed E-state index contributed by atoms with van der Waals surface area (Å²) in [5.74, 6) is -1.20. The molecule has 4 heterocycles. The minimum absolute atomic E-state index is 0.0208. The van der Waals surface area contributed by atoms with Crippen LogP contribution in [0.15, 0.2) is 70.7 Å². The maximum atomic E-state index is 13.0. The number of amides is 2. The van der Waals surface area contributed by atoms with Gasteiger partial charge in [0, 0.05) is 31.0 Å². The summed E-state index contributed by atoms with van der Waals surface area (Å²) in [6.45, 7) is -0.738. The third-order valence-corrected chi connectivity index (χ3v) is 11.4. The summed E-state index contributed by atoms with van der Waals surface area (Å²) in [5, 5.41) is 24.9. The molecule has 1 aliphatic heterocycles. The first-order valence-corrected chi connectivity index (χ1v) is 20.8. The monoisotopic (exact) mass is 854 g/mol. The average molecular weight is 855 g/mol. The van der Waals surface area contributed by atoms with E-state index in [0.29, 0.717) is 22.2 Å². The third kappa shape index (κ3) is 10.6. The van der Waals surface area contributed by atoms with E-state index in [2.05, 4.69) is 25.6 Å². The van der Waals surface area contributed by atoms with Crippen LogP contribution in [-0.2, 0) is 44.4 Å². The molecular formula is C36H39N8O13PS. The Labute approximate surface area is 336 Å². The number of fused-ring (bicyclic) bond motifs is 2. The Bertz CT molecular complexity index is 2520. The predicted octanol–water partition coefficient (Wildman–Crippen LogP) is 2.04. The number of hydrogen-bond donors (Lipinski definition) is 5. The molecule has 5 aromatic rings. The molecule has 21 nitrogen and oxygen atoms in total. The van der Waals surface area contributed by atoms with Gasteiger partial charge in [0.2, 0.25) is 17.8 Å². The second kappa shape index (κ2) is 19.3. The lowest BCUT2D eigenvalue weighted by molar-refractivity contribution is -0.120. The van der Waals surface area contributed by atoms with Gasteiger partial charge in [0.1, 0.15) is 24.7 Å². The molecule has 59 heavy (non-hydrogen) atoms. The van der Waals surface area contributed by atoms with Crippen LogP contribution in [0, 0.1) is 11.3 Å². The fraction of sp³-hybridized carbons (Fsp3) is 0.361. The Kier molecular flexibility index (Phi) is 14.0. The van der Waals surface area contributed by atoms with E-state index in [1.807, 2.05) is 6.07 Å². The molecule has 5 N–H and O–H groups in total. The second-order valence-corrected chi connectivity index (χ2v) is 16.0. The van der Waals surface area contributed by atoms with Crippen molar-refractivity contribution >= 4 is 64.4 Å². The van der Waals surface area contributed by atoms with E-state index in [9.17, 15) is 37.6 Å². The van der Waals surface area contributed by atoms with Gasteiger partial charge in [-0.05, 0) is 35.9 Å². The zero-order valence-corrected chi connectivity index (χ0v) is 33.1. The van der Waals surface area contributed by atoms with Crippen LogP contribution in [0.3, 0.4) is 0 Å². The van der Waals surface area contributed by atoms with Crippen LogP contribution in [-0.4, -0.2) is 112 Å². The van der Waals surface area contributed by atoms with Crippen molar-refractivity contribution < 1.29 is 56.1 Å². The molecule has 6 rings (SSSR count). The molecular weight excluding hydrogens is 815 g/mol. The van der Waals surface area contributed by atoms with Gasteiger partial charge in [0.05, 0.1) is 67.8 Å². The maximum absolute atomic E-state index is 13.0. The van der Waals surface area contributed by atoms with Crippen LogP contribution in [0.2, 0.25) is 0 Å². The van der Waals surface area contributed by atoms with Gasteiger partial charge in [-0.15, -0.1) is 0 Å². The summed E-state index contributed by atoms with van der Waals surface area (Å²) < 4.78 is 54.5. The molecule has 2 unspecified atom stereocenters. The number of aliphatic hydroxyl groups is 1. The minimum atomic E-state index is -3.75. The first-order chi connectivity index (χ1) is 28.4. The first-order valence-electron chi connectivity index (χ1n) is 18.0. The number of imidazole rings is 1. The molecule has 0 spiro atoms. The Morgan fingerprint density at radius 1 is 1.12 bits per heavy atom. The lowest BCUT2D eigenvalue weighted by Crippen LogP contribution is -2.29. The van der Waals surface area contributed by atoms with Crippen molar-refractivity contribution in [3.63, 3.8) is 0 Å². The minimum Gasteiger partial charge on any atom is -0.497 e. The molecule has 0 bridgehead atoms. The number of H-pyrrole nitrogens is 1. The van der Waals surface area contributed by atoms with Gasteiger partial charge in [0.25, 0.3) is 5.56 Å². The number of benzene rings is 2. The standard InChI is InChI=1S/C36H39N8O13PS/c1-53-23-7-9-24(10-8-23)59(51,52)16-15-54-36(49)43-19-22(25-5-2-3-6-26(25)43)17-30(47)38-13-11-29(46)40-35-41-33-32(34(48)42-35)39-21-44(33)31-18-27(45)28(57-31)20-56-58(50)55-14-4-12-37/h2-3,5-10,19,21,27-28,31,45,50H,4,11,13-18,20H2,1H3,(H,38,47)(H2,40,41,42,46,48)/t27-,28-,31?,58?/m1/s1. The molecule has 0 radical (unpaired) electrons. The Hall–Kier alpha value is -5.79. The molecule has 2 amide bonds. The number of para-hydroxylation sites is 1. The Balaban J connectivity index is 0.998. The van der Waals surface area contributed by atoms with E-state index in [0.717, 1.165) is 0 Å². The zero-order valence-electron chi connectivity index (χ0n) is 31.3. The number of nitrogens with zero attached hydrogens (tertiary/aromatic N) is 5. The highest BCUT2D eigenvalue weighted by Crippen LogP contribution is 2.36. The summed E-state index contributed by atoms with van der Waals surface area (Å²) in [6, 6.07) is 14.5. The summed E-state index contributed by atoms with van der Waals surface area (Å²) in [4.78, 5) is 72.3. The van der Waals surface area contributed by atoms with Gasteiger partial charge < -0.3 is 38.6 Å². The number of nitrogens with one attached hydrogen (secondary N) is 3. The lowest BCUT2D eigenvalue weighted by Gasteiger charge is -2.17. The number of aliphatic hydroxyl groups excluding tert-OH is 1. The topological polar surface area (TPSA) is 288 Å². The molecule has 3 aromatic heterocycles. The number of carbonyl (C=O) groups is 3. The molecule has 23 heteroatoms. The van der Waals surface area contributed by atoms with Gasteiger partial charge in [-0.25, -0.2) is 18.2 Å². The number of anilines is 1. The van der Waals surface area contributed by atoms with Crippen LogP contribution in [0.5, 0.6) is 5.75 Å². The molecule has 1 fully saturated rings. The lowest BCUT2D eigenvalue weighted by atomic mass is 10.1. The summed E-state index contributed by atoms with van der Waals surface area (Å²) in [6.07, 6.45) is -1.02. The SMILES string of the molecule is COc1ccc(S(=O)(=O)CCOC(=O)n2cc(CC(=O)NCCC(=O)Nc3nc4c(ncn4C4C[C@@H](O)[C@@H](COP(O)OCCC#N)O4)c(=O)[nH]3)c3ccccc32)cc1. The fourth-order valence-electron chi connectivity index (χ4n) is 6.07. The van der Waals surface area contributed by atoms with E-state index in [1.54, 1.807) is 24.3 Å². The van der Waals surface area contributed by atoms with Crippen LogP contribution in [0.1, 0.15) is 31.1 Å². The molecule has 2 aromatic carbocycles. The van der Waals surface area contributed by atoms with Crippen molar-refractivity contribution in [3.8, 4) is 11.8 Å². The maximum Gasteiger partial charge on any atom is 0.418 e. The number of methoxy groups -OCH3 is 1. The van der Waals surface area contributed by atoms with Crippen molar-refractivity contribution in [2.24, 2.45) is 0 Å². The largest absolute Gasteiger partial charge is 0.497 e. The molecule has 4 atom stereocenters. The van der Waals surface area contributed by atoms with Gasteiger partial charge >= 0.3 is 14.7 Å². The zero-order chi connectivity index (χ0) is 42.1. The number of hydrogen-bond acceptors (Lipinski definition) is 16. The van der Waals surface area contributed by atoms with Crippen molar-refractivity contribution in [1.82, 2.24) is 29.4 Å². The van der Waals surface area contributed by atoms with Crippen LogP contribution < -0.4 is 20.9 Å². The number of aromatic amines is 1. The van der Waals surface area contributed by atoms with Gasteiger partial charge in [0.15, 0.2) is 21.0 Å². The van der Waals surface area contributed by atoms with Crippen molar-refractivity contribution in [2.75, 3.05) is 44.5 Å². The van der Waals surface area contributed by atoms with E-state index in [1.165, 1.54) is 53.0 Å². The predicted molar refractivity (Wildman–Crippen MR) is 208 cm³/mol. The Morgan fingerprint density at radius 2 is 1.90 bits per heavy atom. The van der Waals surface area contributed by atoms with Crippen molar-refractivity contribution in [1.29, 1.82) is 5.26 Å². The summed E-state index contributed by atoms with van der Waals surface area (Å²) in [7, 11) is -4.57. The van der Waals surface area contributed by atoms with E-state index in [-0.39, 0.29) is 67.4 Å². The molecule has 1 saturated heterocycles. The van der Waals surface area contributed by atoms with Crippen LogP contribution >= 0.6 is 8.60 Å². The van der Waals surface area contributed by atoms with E-state index < -0.39 is 72.7 Å². The summed E-state index contributed by atoms with van der Waals surface area (Å²) >= 11 is 0. The van der Waals surface area contributed by atoms with Gasteiger partial charge in [-0.3, -0.25) is 33.8 Å². The van der Waals surface area contributed by atoms with Crippen LogP contribution in [0.4, 0.5) is 10.7 Å². The Morgan fingerprint density at radius 3 is 2.66 bits per heavy atom. The average Bonchev–Trinajstić information content (AvgIpc) is 3.92. The molecule has 0 aliphatic carbocycles. The molecule has 1 aliphatic rings. The highest BCUT2D eigenvalue weighted by Gasteiger charge is 2.37. The second-order valence-electron chi connectivity index (χ2n) is 12.9. The quantitative estimate of drug-likeness (QED) is 0.0623. The number of ether oxygens (including phenoxy) is 3. The number of rotatable bonds is 18. The van der Waals surface area contributed by atoms with Gasteiger partial charge in [-0.2, -0.15) is 10.2 Å². The van der Waals surface area contributed by atoms with Crippen LogP contribution in [0.25, 0.3) is 22.1 Å². The fourth-order valence-corrected chi connectivity index (χ4v) is 7.76. The highest BCUT2D eigenvalue weighted by atomic mass is 32.2.